The molecule has 1 aromatic heterocycles. The summed E-state index contributed by atoms with van der Waals surface area (Å²) in [4.78, 5) is 5.46. The topological polar surface area (TPSA) is 24.9 Å². The van der Waals surface area contributed by atoms with Crippen LogP contribution in [0.5, 0.6) is 0 Å². The molecule has 0 radical (unpaired) electrons. The van der Waals surface area contributed by atoms with E-state index in [2.05, 4.69) is 29.4 Å². The van der Waals surface area contributed by atoms with Crippen LogP contribution in [0, 0.1) is 0 Å². The SMILES string of the molecule is CCCNC1CCCCCC1Sc1ccncc1. The summed E-state index contributed by atoms with van der Waals surface area (Å²) in [6.45, 7) is 3.40. The third-order valence-electron chi connectivity index (χ3n) is 3.55. The number of hydrogen-bond acceptors (Lipinski definition) is 3. The van der Waals surface area contributed by atoms with Gasteiger partial charge in [-0.2, -0.15) is 0 Å². The first kappa shape index (κ1) is 13.9. The van der Waals surface area contributed by atoms with Crippen LogP contribution in [0.2, 0.25) is 0 Å². The zero-order valence-electron chi connectivity index (χ0n) is 11.3. The van der Waals surface area contributed by atoms with Gasteiger partial charge in [0.15, 0.2) is 0 Å². The average Bonchev–Trinajstić information content (AvgIpc) is 2.63. The van der Waals surface area contributed by atoms with Gasteiger partial charge in [-0.3, -0.25) is 4.98 Å². The quantitative estimate of drug-likeness (QED) is 0.817. The molecule has 1 saturated carbocycles. The van der Waals surface area contributed by atoms with Crippen molar-refractivity contribution in [1.29, 1.82) is 0 Å². The maximum Gasteiger partial charge on any atom is 0.0278 e. The van der Waals surface area contributed by atoms with Gasteiger partial charge >= 0.3 is 0 Å². The Morgan fingerprint density at radius 3 is 2.78 bits per heavy atom. The molecule has 1 aliphatic carbocycles. The zero-order chi connectivity index (χ0) is 12.6. The van der Waals surface area contributed by atoms with Crippen molar-refractivity contribution in [2.45, 2.75) is 61.6 Å². The molecule has 2 nitrogen and oxygen atoms in total. The molecule has 18 heavy (non-hydrogen) atoms. The second-order valence-electron chi connectivity index (χ2n) is 5.04. The lowest BCUT2D eigenvalue weighted by atomic mass is 10.1. The average molecular weight is 264 g/mol. The minimum atomic E-state index is 0.686. The molecule has 1 N–H and O–H groups in total. The van der Waals surface area contributed by atoms with Crippen LogP contribution in [0.4, 0.5) is 0 Å². The van der Waals surface area contributed by atoms with Crippen LogP contribution < -0.4 is 5.32 Å². The van der Waals surface area contributed by atoms with Crippen LogP contribution in [0.15, 0.2) is 29.4 Å². The lowest BCUT2D eigenvalue weighted by Crippen LogP contribution is -2.37. The first-order valence-electron chi connectivity index (χ1n) is 7.20. The second-order valence-corrected chi connectivity index (χ2v) is 6.35. The Morgan fingerprint density at radius 1 is 1.22 bits per heavy atom. The van der Waals surface area contributed by atoms with E-state index in [0.29, 0.717) is 6.04 Å². The Labute approximate surface area is 115 Å². The van der Waals surface area contributed by atoms with E-state index in [1.165, 1.54) is 43.4 Å². The number of nitrogens with zero attached hydrogens (tertiary/aromatic N) is 1. The summed E-state index contributed by atoms with van der Waals surface area (Å²) in [5, 5.41) is 4.47. The number of hydrogen-bond donors (Lipinski definition) is 1. The monoisotopic (exact) mass is 264 g/mol. The molecule has 1 aliphatic rings. The van der Waals surface area contributed by atoms with E-state index in [1.807, 2.05) is 24.2 Å². The van der Waals surface area contributed by atoms with Gasteiger partial charge in [0.25, 0.3) is 0 Å². The third kappa shape index (κ3) is 4.29. The van der Waals surface area contributed by atoms with Crippen molar-refractivity contribution in [3.8, 4) is 0 Å². The Morgan fingerprint density at radius 2 is 2.00 bits per heavy atom. The maximum atomic E-state index is 4.10. The van der Waals surface area contributed by atoms with Crippen LogP contribution in [-0.2, 0) is 0 Å². The van der Waals surface area contributed by atoms with E-state index in [-0.39, 0.29) is 0 Å². The molecule has 0 bridgehead atoms. The molecule has 2 atom stereocenters. The zero-order valence-corrected chi connectivity index (χ0v) is 12.1. The minimum Gasteiger partial charge on any atom is -0.313 e. The number of thioether (sulfide) groups is 1. The summed E-state index contributed by atoms with van der Waals surface area (Å²) in [5.74, 6) is 0. The van der Waals surface area contributed by atoms with Crippen molar-refractivity contribution < 1.29 is 0 Å². The fourth-order valence-corrected chi connectivity index (χ4v) is 3.88. The number of pyridine rings is 1. The van der Waals surface area contributed by atoms with Crippen LogP contribution in [0.1, 0.15) is 45.4 Å². The maximum absolute atomic E-state index is 4.10. The molecule has 1 heterocycles. The molecule has 0 aliphatic heterocycles. The molecule has 0 amide bonds. The fourth-order valence-electron chi connectivity index (χ4n) is 2.57. The van der Waals surface area contributed by atoms with Crippen LogP contribution in [0.3, 0.4) is 0 Å². The Kier molecular flexibility index (Phi) is 6.01. The van der Waals surface area contributed by atoms with Crippen LogP contribution >= 0.6 is 11.8 Å². The lowest BCUT2D eigenvalue weighted by molar-refractivity contribution is 0.470. The van der Waals surface area contributed by atoms with E-state index >= 15 is 0 Å². The Bertz CT molecular complexity index is 329. The standard InChI is InChI=1S/C15H24N2S/c1-2-10-17-14-6-4-3-5-7-15(14)18-13-8-11-16-12-9-13/h8-9,11-12,14-15,17H,2-7,10H2,1H3. The molecule has 100 valence electrons. The highest BCUT2D eigenvalue weighted by Gasteiger charge is 2.23. The van der Waals surface area contributed by atoms with E-state index in [0.717, 1.165) is 11.8 Å². The summed E-state index contributed by atoms with van der Waals surface area (Å²) in [5.41, 5.74) is 0. The van der Waals surface area contributed by atoms with E-state index in [1.54, 1.807) is 0 Å². The third-order valence-corrected chi connectivity index (χ3v) is 4.96. The minimum absolute atomic E-state index is 0.686. The fraction of sp³-hybridized carbons (Fsp3) is 0.667. The summed E-state index contributed by atoms with van der Waals surface area (Å²) >= 11 is 2.03. The van der Waals surface area contributed by atoms with Gasteiger partial charge in [-0.25, -0.2) is 0 Å². The summed E-state index contributed by atoms with van der Waals surface area (Å²) in [6, 6.07) is 4.95. The molecular formula is C15H24N2S. The van der Waals surface area contributed by atoms with Gasteiger partial charge in [0.1, 0.15) is 0 Å². The van der Waals surface area contributed by atoms with E-state index in [9.17, 15) is 0 Å². The Balaban J connectivity index is 1.96. The molecule has 1 aromatic rings. The van der Waals surface area contributed by atoms with Crippen LogP contribution in [-0.4, -0.2) is 22.8 Å². The molecule has 0 spiro atoms. The first-order chi connectivity index (χ1) is 8.90. The largest absolute Gasteiger partial charge is 0.313 e. The van der Waals surface area contributed by atoms with Gasteiger partial charge in [0, 0.05) is 28.6 Å². The van der Waals surface area contributed by atoms with Gasteiger partial charge in [-0.15, -0.1) is 11.8 Å². The van der Waals surface area contributed by atoms with Crippen molar-refractivity contribution in [2.24, 2.45) is 0 Å². The summed E-state index contributed by atoms with van der Waals surface area (Å²) in [7, 11) is 0. The molecular weight excluding hydrogens is 240 g/mol. The number of rotatable bonds is 5. The number of nitrogens with one attached hydrogen (secondary N) is 1. The van der Waals surface area contributed by atoms with Gasteiger partial charge in [-0.05, 0) is 37.9 Å². The van der Waals surface area contributed by atoms with Crippen molar-refractivity contribution in [2.75, 3.05) is 6.54 Å². The predicted octanol–water partition coefficient (Wildman–Crippen LogP) is 3.87. The summed E-state index contributed by atoms with van der Waals surface area (Å²) in [6.07, 6.45) is 11.9. The molecule has 3 heteroatoms. The first-order valence-corrected chi connectivity index (χ1v) is 8.08. The normalized spacial score (nSPS) is 24.7. The van der Waals surface area contributed by atoms with Crippen molar-refractivity contribution in [3.63, 3.8) is 0 Å². The lowest BCUT2D eigenvalue weighted by Gasteiger charge is -2.25. The second kappa shape index (κ2) is 7.80. The number of aromatic nitrogens is 1. The highest BCUT2D eigenvalue weighted by molar-refractivity contribution is 8.00. The van der Waals surface area contributed by atoms with Gasteiger partial charge < -0.3 is 5.32 Å². The Hall–Kier alpha value is -0.540. The van der Waals surface area contributed by atoms with Gasteiger partial charge in [0.2, 0.25) is 0 Å². The predicted molar refractivity (Wildman–Crippen MR) is 79.0 cm³/mol. The van der Waals surface area contributed by atoms with Crippen molar-refractivity contribution in [1.82, 2.24) is 10.3 Å². The van der Waals surface area contributed by atoms with E-state index < -0.39 is 0 Å². The molecule has 0 aromatic carbocycles. The summed E-state index contributed by atoms with van der Waals surface area (Å²) < 4.78 is 0. The van der Waals surface area contributed by atoms with Gasteiger partial charge in [-0.1, -0.05) is 26.2 Å². The van der Waals surface area contributed by atoms with E-state index in [4.69, 9.17) is 0 Å². The highest BCUT2D eigenvalue weighted by Crippen LogP contribution is 2.32. The van der Waals surface area contributed by atoms with Gasteiger partial charge in [0.05, 0.1) is 0 Å². The molecule has 1 fully saturated rings. The molecule has 2 unspecified atom stereocenters. The molecule has 0 saturated heterocycles. The van der Waals surface area contributed by atoms with Crippen molar-refractivity contribution >= 4 is 11.8 Å². The molecule has 2 rings (SSSR count). The van der Waals surface area contributed by atoms with Crippen molar-refractivity contribution in [3.05, 3.63) is 24.5 Å². The highest BCUT2D eigenvalue weighted by atomic mass is 32.2. The van der Waals surface area contributed by atoms with Crippen LogP contribution in [0.25, 0.3) is 0 Å². The smallest absolute Gasteiger partial charge is 0.0278 e.